The summed E-state index contributed by atoms with van der Waals surface area (Å²) in [5.41, 5.74) is 0. The molecule has 1 aromatic rings. The topological polar surface area (TPSA) is 91.3 Å². The first-order valence-corrected chi connectivity index (χ1v) is 9.59. The van der Waals surface area contributed by atoms with Gasteiger partial charge in [0.25, 0.3) is 9.84 Å². The van der Waals surface area contributed by atoms with E-state index in [9.17, 15) is 43.3 Å². The molecular formula is C9H5ClF5NaO5S3. The Kier molecular flexibility index (Phi) is 7.66. The van der Waals surface area contributed by atoms with E-state index in [1.807, 2.05) is 0 Å². The summed E-state index contributed by atoms with van der Waals surface area (Å²) >= 11 is 6.16. The predicted octanol–water partition coefficient (Wildman–Crippen LogP) is -0.290. The first kappa shape index (κ1) is 24.4. The largest absolute Gasteiger partial charge is 1.00 e. The van der Waals surface area contributed by atoms with Crippen molar-refractivity contribution in [1.29, 1.82) is 0 Å². The summed E-state index contributed by atoms with van der Waals surface area (Å²) in [7, 11) is -13.7. The fourth-order valence-electron chi connectivity index (χ4n) is 1.34. The molecule has 0 atom stereocenters. The number of thioether (sulfide) groups is 1. The monoisotopic (exact) mass is 442 g/mol. The van der Waals surface area contributed by atoms with E-state index in [1.165, 1.54) is 6.26 Å². The Hall–Kier alpha value is 0.370. The minimum absolute atomic E-state index is 0. The van der Waals surface area contributed by atoms with Crippen molar-refractivity contribution < 1.29 is 72.9 Å². The van der Waals surface area contributed by atoms with Crippen LogP contribution in [0.25, 0.3) is 0 Å². The molecule has 0 aromatic heterocycles. The second kappa shape index (κ2) is 7.55. The predicted molar refractivity (Wildman–Crippen MR) is 70.0 cm³/mol. The first-order chi connectivity index (χ1) is 10.1. The fourth-order valence-corrected chi connectivity index (χ4v) is 4.50. The Morgan fingerprint density at radius 3 is 1.88 bits per heavy atom. The van der Waals surface area contributed by atoms with Crippen LogP contribution in [0.5, 0.6) is 0 Å². The van der Waals surface area contributed by atoms with Crippen LogP contribution < -0.4 is 29.6 Å². The number of hydrogen-bond donors (Lipinski definition) is 0. The Morgan fingerprint density at radius 2 is 1.54 bits per heavy atom. The van der Waals surface area contributed by atoms with Gasteiger partial charge in [0.2, 0.25) is 0 Å². The third kappa shape index (κ3) is 3.87. The average molecular weight is 443 g/mol. The number of benzene rings is 1. The summed E-state index contributed by atoms with van der Waals surface area (Å²) < 4.78 is 121. The van der Waals surface area contributed by atoms with Gasteiger partial charge in [-0.2, -0.15) is 17.6 Å². The second-order valence-electron chi connectivity index (χ2n) is 3.91. The van der Waals surface area contributed by atoms with Crippen molar-refractivity contribution in [3.63, 3.8) is 0 Å². The van der Waals surface area contributed by atoms with Gasteiger partial charge in [-0.1, -0.05) is 11.6 Å². The Morgan fingerprint density at radius 1 is 1.08 bits per heavy atom. The first-order valence-electron chi connectivity index (χ1n) is 5.10. The van der Waals surface area contributed by atoms with Crippen molar-refractivity contribution in [2.75, 3.05) is 6.26 Å². The molecule has 0 aliphatic carbocycles. The van der Waals surface area contributed by atoms with E-state index in [4.69, 9.17) is 11.6 Å². The number of sulfone groups is 1. The molecular weight excluding hydrogens is 438 g/mol. The van der Waals surface area contributed by atoms with E-state index in [2.05, 4.69) is 0 Å². The van der Waals surface area contributed by atoms with Crippen LogP contribution in [0.15, 0.2) is 21.9 Å². The van der Waals surface area contributed by atoms with Crippen LogP contribution in [-0.4, -0.2) is 38.2 Å². The van der Waals surface area contributed by atoms with Gasteiger partial charge in [-0.25, -0.2) is 21.2 Å². The Bertz CT molecular complexity index is 820. The van der Waals surface area contributed by atoms with Crippen LogP contribution in [0, 0.1) is 5.82 Å². The van der Waals surface area contributed by atoms with Crippen molar-refractivity contribution in [3.05, 3.63) is 23.0 Å². The van der Waals surface area contributed by atoms with E-state index in [0.717, 1.165) is 11.8 Å². The molecule has 0 bridgehead atoms. The summed E-state index contributed by atoms with van der Waals surface area (Å²) in [5, 5.41) is -14.1. The van der Waals surface area contributed by atoms with Gasteiger partial charge in [-0.15, -0.1) is 11.8 Å². The Labute approximate surface area is 164 Å². The molecule has 0 saturated heterocycles. The molecule has 0 radical (unpaired) electrons. The minimum atomic E-state index is -7.07. The quantitative estimate of drug-likeness (QED) is 0.269. The zero-order valence-electron chi connectivity index (χ0n) is 11.7. The minimum Gasteiger partial charge on any atom is -0.743 e. The molecule has 0 heterocycles. The second-order valence-corrected chi connectivity index (χ2v) is 8.55. The number of halogens is 6. The summed E-state index contributed by atoms with van der Waals surface area (Å²) in [4.78, 5) is -2.05. The van der Waals surface area contributed by atoms with Gasteiger partial charge in [-0.3, -0.25) is 0 Å². The van der Waals surface area contributed by atoms with Crippen molar-refractivity contribution in [3.8, 4) is 0 Å². The van der Waals surface area contributed by atoms with Gasteiger partial charge in [0.15, 0.2) is 10.1 Å². The van der Waals surface area contributed by atoms with Crippen LogP contribution in [0.4, 0.5) is 22.0 Å². The molecule has 0 spiro atoms. The Balaban J connectivity index is 0.00000529. The fraction of sp³-hybridized carbons (Fsp3) is 0.333. The zero-order valence-corrected chi connectivity index (χ0v) is 16.9. The molecule has 0 N–H and O–H groups in total. The number of rotatable bonds is 5. The van der Waals surface area contributed by atoms with Crippen LogP contribution >= 0.6 is 23.4 Å². The maximum absolute atomic E-state index is 13.7. The van der Waals surface area contributed by atoms with Gasteiger partial charge in [0.1, 0.15) is 10.7 Å². The van der Waals surface area contributed by atoms with Gasteiger partial charge in [0.05, 0.1) is 5.02 Å². The van der Waals surface area contributed by atoms with E-state index in [0.29, 0.717) is 12.1 Å². The maximum Gasteiger partial charge on any atom is 1.00 e. The van der Waals surface area contributed by atoms with Gasteiger partial charge in [-0.05, 0) is 18.4 Å². The molecule has 0 amide bonds. The zero-order chi connectivity index (χ0) is 18.4. The molecule has 1 rings (SSSR count). The summed E-state index contributed by atoms with van der Waals surface area (Å²) in [6, 6.07) is 1.12. The molecule has 5 nitrogen and oxygen atoms in total. The summed E-state index contributed by atoms with van der Waals surface area (Å²) in [6.07, 6.45) is 1.39. The van der Waals surface area contributed by atoms with E-state index < -0.39 is 46.2 Å². The summed E-state index contributed by atoms with van der Waals surface area (Å²) in [5.74, 6) is -1.90. The molecule has 24 heavy (non-hydrogen) atoms. The molecule has 1 aromatic carbocycles. The maximum atomic E-state index is 13.7. The normalized spacial score (nSPS) is 13.5. The molecule has 0 unspecified atom stereocenters. The molecule has 15 heteroatoms. The average Bonchev–Trinajstić information content (AvgIpc) is 2.35. The SMILES string of the molecule is CSc1cc(F)c(S(=O)(=O)C(F)(F)C(F)(F)S(=O)(=O)[O-])c(Cl)c1.[Na+]. The molecule has 0 fully saturated rings. The van der Waals surface area contributed by atoms with Gasteiger partial charge < -0.3 is 4.55 Å². The molecule has 0 saturated carbocycles. The van der Waals surface area contributed by atoms with Gasteiger partial charge in [0, 0.05) is 4.90 Å². The smallest absolute Gasteiger partial charge is 0.743 e. The third-order valence-electron chi connectivity index (χ3n) is 2.47. The van der Waals surface area contributed by atoms with E-state index in [1.54, 1.807) is 0 Å². The molecule has 0 aliphatic heterocycles. The van der Waals surface area contributed by atoms with Crippen molar-refractivity contribution in [1.82, 2.24) is 0 Å². The van der Waals surface area contributed by atoms with Crippen LogP contribution in [0.3, 0.4) is 0 Å². The van der Waals surface area contributed by atoms with Crippen molar-refractivity contribution in [2.45, 2.75) is 20.3 Å². The summed E-state index contributed by atoms with van der Waals surface area (Å²) in [6.45, 7) is 0. The van der Waals surface area contributed by atoms with Crippen LogP contribution in [0.1, 0.15) is 0 Å². The van der Waals surface area contributed by atoms with E-state index in [-0.39, 0.29) is 34.5 Å². The third-order valence-corrected chi connectivity index (χ3v) is 6.48. The van der Waals surface area contributed by atoms with Crippen molar-refractivity contribution in [2.24, 2.45) is 0 Å². The standard InChI is InChI=1S/C9H6ClF5O5S3.Na/c1-21-4-2-5(10)7(6(11)3-4)22(16,17)8(12,13)9(14,15)23(18,19)20;/h2-3H,1H3,(H,18,19,20);/q;+1/p-1. The molecule has 0 aliphatic rings. The van der Waals surface area contributed by atoms with Crippen LogP contribution in [-0.2, 0) is 20.0 Å². The van der Waals surface area contributed by atoms with Crippen molar-refractivity contribution >= 4 is 43.3 Å². The number of hydrogen-bond acceptors (Lipinski definition) is 6. The molecule has 132 valence electrons. The van der Waals surface area contributed by atoms with Crippen LogP contribution in [0.2, 0.25) is 5.02 Å². The van der Waals surface area contributed by atoms with Gasteiger partial charge >= 0.3 is 40.1 Å². The number of alkyl halides is 4. The van der Waals surface area contributed by atoms with E-state index >= 15 is 0 Å².